The summed E-state index contributed by atoms with van der Waals surface area (Å²) in [6.07, 6.45) is 4.75. The minimum Gasteiger partial charge on any atom is -0.497 e. The first kappa shape index (κ1) is 15.6. The fourth-order valence-electron chi connectivity index (χ4n) is 3.84. The van der Waals surface area contributed by atoms with Crippen molar-refractivity contribution in [3.05, 3.63) is 65.3 Å². The van der Waals surface area contributed by atoms with Gasteiger partial charge in [0.2, 0.25) is 5.89 Å². The van der Waals surface area contributed by atoms with Crippen LogP contribution < -0.4 is 10.1 Å². The maximum atomic E-state index is 6.07. The average molecular weight is 347 g/mol. The van der Waals surface area contributed by atoms with Crippen molar-refractivity contribution in [2.75, 3.05) is 13.7 Å². The molecule has 1 aliphatic carbocycles. The number of rotatable bonds is 4. The standard InChI is InChI=1S/C21H21N3O2/c1-25-15-5-2-4-14(10-15)21-24-17-11-13(7-8-19(17)26-21)20-16(18-12-23-18)6-3-9-22-20/h2-6,9-10,13,18,23H,7-8,11-12H2,1H3. The van der Waals surface area contributed by atoms with Crippen molar-refractivity contribution in [3.8, 4) is 17.2 Å². The van der Waals surface area contributed by atoms with Gasteiger partial charge in [0, 0.05) is 48.8 Å². The van der Waals surface area contributed by atoms with Crippen molar-refractivity contribution in [2.45, 2.75) is 31.2 Å². The van der Waals surface area contributed by atoms with E-state index in [1.165, 1.54) is 11.3 Å². The zero-order valence-electron chi connectivity index (χ0n) is 14.7. The van der Waals surface area contributed by atoms with Crippen LogP contribution in [0, 0.1) is 0 Å². The Balaban J connectivity index is 1.44. The molecule has 5 rings (SSSR count). The highest BCUT2D eigenvalue weighted by Crippen LogP contribution is 2.38. The van der Waals surface area contributed by atoms with E-state index in [4.69, 9.17) is 19.1 Å². The van der Waals surface area contributed by atoms with Crippen molar-refractivity contribution >= 4 is 0 Å². The second-order valence-electron chi connectivity index (χ2n) is 7.00. The number of pyridine rings is 1. The molecule has 3 aromatic rings. The predicted molar refractivity (Wildman–Crippen MR) is 98.2 cm³/mol. The van der Waals surface area contributed by atoms with Crippen LogP contribution in [-0.4, -0.2) is 23.6 Å². The number of aryl methyl sites for hydroxylation is 1. The monoisotopic (exact) mass is 347 g/mol. The molecule has 2 aromatic heterocycles. The van der Waals surface area contributed by atoms with Gasteiger partial charge < -0.3 is 14.5 Å². The van der Waals surface area contributed by atoms with E-state index >= 15 is 0 Å². The highest BCUT2D eigenvalue weighted by molar-refractivity contribution is 5.56. The molecule has 1 saturated heterocycles. The van der Waals surface area contributed by atoms with Crippen LogP contribution in [0.3, 0.4) is 0 Å². The number of hydrogen-bond acceptors (Lipinski definition) is 5. The van der Waals surface area contributed by atoms with E-state index in [9.17, 15) is 0 Å². The Bertz CT molecular complexity index is 946. The van der Waals surface area contributed by atoms with Crippen LogP contribution in [0.15, 0.2) is 47.0 Å². The zero-order chi connectivity index (χ0) is 17.5. The van der Waals surface area contributed by atoms with E-state index in [-0.39, 0.29) is 0 Å². The largest absolute Gasteiger partial charge is 0.497 e. The quantitative estimate of drug-likeness (QED) is 0.729. The smallest absolute Gasteiger partial charge is 0.226 e. The van der Waals surface area contributed by atoms with Crippen LogP contribution >= 0.6 is 0 Å². The summed E-state index contributed by atoms with van der Waals surface area (Å²) >= 11 is 0. The van der Waals surface area contributed by atoms with Gasteiger partial charge in [-0.25, -0.2) is 4.98 Å². The molecule has 0 amide bonds. The van der Waals surface area contributed by atoms with Crippen LogP contribution in [0.2, 0.25) is 0 Å². The van der Waals surface area contributed by atoms with E-state index < -0.39 is 0 Å². The van der Waals surface area contributed by atoms with Crippen LogP contribution in [0.25, 0.3) is 11.5 Å². The van der Waals surface area contributed by atoms with Crippen molar-refractivity contribution < 1.29 is 9.15 Å². The first-order valence-corrected chi connectivity index (χ1v) is 9.13. The van der Waals surface area contributed by atoms with E-state index in [1.54, 1.807) is 7.11 Å². The molecule has 1 aromatic carbocycles. The molecule has 0 radical (unpaired) electrons. The number of benzene rings is 1. The second-order valence-corrected chi connectivity index (χ2v) is 7.00. The van der Waals surface area contributed by atoms with Crippen LogP contribution in [-0.2, 0) is 12.8 Å². The van der Waals surface area contributed by atoms with E-state index in [2.05, 4.69) is 11.4 Å². The summed E-state index contributed by atoms with van der Waals surface area (Å²) in [6, 6.07) is 12.6. The zero-order valence-corrected chi connectivity index (χ0v) is 14.7. The Morgan fingerprint density at radius 1 is 1.23 bits per heavy atom. The Morgan fingerprint density at radius 2 is 2.15 bits per heavy atom. The molecule has 2 aliphatic rings. The minimum atomic E-state index is 0.407. The normalized spacial score (nSPS) is 21.3. The summed E-state index contributed by atoms with van der Waals surface area (Å²) in [4.78, 5) is 9.51. The topological polar surface area (TPSA) is 70.1 Å². The number of ether oxygens (including phenoxy) is 1. The number of aromatic nitrogens is 2. The predicted octanol–water partition coefficient (Wildman–Crippen LogP) is 3.66. The number of methoxy groups -OCH3 is 1. The number of oxazole rings is 1. The number of nitrogens with zero attached hydrogens (tertiary/aromatic N) is 2. The van der Waals surface area contributed by atoms with Gasteiger partial charge in [-0.3, -0.25) is 4.98 Å². The molecule has 2 unspecified atom stereocenters. The third-order valence-corrected chi connectivity index (χ3v) is 5.30. The summed E-state index contributed by atoms with van der Waals surface area (Å²) in [7, 11) is 1.67. The lowest BCUT2D eigenvalue weighted by molar-refractivity contribution is 0.414. The van der Waals surface area contributed by atoms with E-state index in [1.807, 2.05) is 36.5 Å². The molecule has 5 heteroatoms. The minimum absolute atomic E-state index is 0.407. The van der Waals surface area contributed by atoms with Gasteiger partial charge in [0.25, 0.3) is 0 Å². The molecule has 3 heterocycles. The number of fused-ring (bicyclic) bond motifs is 1. The Hall–Kier alpha value is -2.66. The molecular formula is C21H21N3O2. The van der Waals surface area contributed by atoms with Gasteiger partial charge in [0.05, 0.1) is 12.8 Å². The molecule has 132 valence electrons. The molecule has 1 aliphatic heterocycles. The maximum absolute atomic E-state index is 6.07. The summed E-state index contributed by atoms with van der Waals surface area (Å²) in [5, 5.41) is 3.40. The number of hydrogen-bond donors (Lipinski definition) is 1. The number of nitrogens with one attached hydrogen (secondary N) is 1. The summed E-state index contributed by atoms with van der Waals surface area (Å²) < 4.78 is 11.4. The Labute approximate surface area is 152 Å². The van der Waals surface area contributed by atoms with Crippen molar-refractivity contribution in [3.63, 3.8) is 0 Å². The lowest BCUT2D eigenvalue weighted by Gasteiger charge is -2.21. The second kappa shape index (κ2) is 6.25. The first-order valence-electron chi connectivity index (χ1n) is 9.13. The molecule has 26 heavy (non-hydrogen) atoms. The molecule has 0 bridgehead atoms. The van der Waals surface area contributed by atoms with Crippen LogP contribution in [0.5, 0.6) is 5.75 Å². The molecule has 1 N–H and O–H groups in total. The van der Waals surface area contributed by atoms with Crippen LogP contribution in [0.1, 0.15) is 41.1 Å². The van der Waals surface area contributed by atoms with Gasteiger partial charge in [-0.2, -0.15) is 0 Å². The Morgan fingerprint density at radius 3 is 3.00 bits per heavy atom. The summed E-state index contributed by atoms with van der Waals surface area (Å²) in [6.45, 7) is 1.06. The SMILES string of the molecule is COc1cccc(-c2nc3c(o2)CCC(c2ncccc2C2CN2)C3)c1. The highest BCUT2D eigenvalue weighted by atomic mass is 16.5. The van der Waals surface area contributed by atoms with Crippen molar-refractivity contribution in [2.24, 2.45) is 0 Å². The maximum Gasteiger partial charge on any atom is 0.226 e. The first-order chi connectivity index (χ1) is 12.8. The van der Waals surface area contributed by atoms with Crippen molar-refractivity contribution in [1.82, 2.24) is 15.3 Å². The van der Waals surface area contributed by atoms with Crippen molar-refractivity contribution in [1.29, 1.82) is 0 Å². The van der Waals surface area contributed by atoms with Gasteiger partial charge in [-0.15, -0.1) is 0 Å². The summed E-state index contributed by atoms with van der Waals surface area (Å²) in [5.41, 5.74) is 4.59. The van der Waals surface area contributed by atoms with Gasteiger partial charge in [-0.1, -0.05) is 12.1 Å². The van der Waals surface area contributed by atoms with E-state index in [0.29, 0.717) is 17.9 Å². The molecule has 0 spiro atoms. The average Bonchev–Trinajstić information content (AvgIpc) is 3.46. The lowest BCUT2D eigenvalue weighted by Crippen LogP contribution is -2.15. The van der Waals surface area contributed by atoms with Gasteiger partial charge in [0.15, 0.2) is 0 Å². The van der Waals surface area contributed by atoms with Crippen LogP contribution in [0.4, 0.5) is 0 Å². The molecule has 0 saturated carbocycles. The van der Waals surface area contributed by atoms with Gasteiger partial charge in [-0.05, 0) is 36.2 Å². The fourth-order valence-corrected chi connectivity index (χ4v) is 3.84. The Kier molecular flexibility index (Phi) is 3.75. The van der Waals surface area contributed by atoms with E-state index in [0.717, 1.165) is 48.6 Å². The summed E-state index contributed by atoms with van der Waals surface area (Å²) in [5.74, 6) is 2.91. The lowest BCUT2D eigenvalue weighted by atomic mass is 9.85. The molecular weight excluding hydrogens is 326 g/mol. The third kappa shape index (κ3) is 2.78. The third-order valence-electron chi connectivity index (χ3n) is 5.30. The molecule has 1 fully saturated rings. The fraction of sp³-hybridized carbons (Fsp3) is 0.333. The van der Waals surface area contributed by atoms with Gasteiger partial charge >= 0.3 is 0 Å². The highest BCUT2D eigenvalue weighted by Gasteiger charge is 2.32. The molecule has 5 nitrogen and oxygen atoms in total. The molecule has 2 atom stereocenters. The van der Waals surface area contributed by atoms with Gasteiger partial charge in [0.1, 0.15) is 11.5 Å².